The van der Waals surface area contributed by atoms with Crippen molar-refractivity contribution >= 4 is 33.6 Å². The van der Waals surface area contributed by atoms with Gasteiger partial charge in [0.25, 0.3) is 5.91 Å². The first-order valence-electron chi connectivity index (χ1n) is 11.9. The zero-order chi connectivity index (χ0) is 23.7. The molecule has 5 aliphatic rings. The Hall–Kier alpha value is -2.51. The third kappa shape index (κ3) is 3.35. The van der Waals surface area contributed by atoms with Crippen LogP contribution in [0.5, 0.6) is 0 Å². The van der Waals surface area contributed by atoms with Crippen molar-refractivity contribution in [1.82, 2.24) is 5.32 Å². The van der Waals surface area contributed by atoms with Crippen LogP contribution in [-0.2, 0) is 15.1 Å². The van der Waals surface area contributed by atoms with Gasteiger partial charge in [0.15, 0.2) is 0 Å². The van der Waals surface area contributed by atoms with Gasteiger partial charge in [-0.15, -0.1) is 0 Å². The molecule has 0 spiro atoms. The molecular formula is C27H26BrNO5. The van der Waals surface area contributed by atoms with Crippen LogP contribution in [0.3, 0.4) is 0 Å². The molecule has 1 heterocycles. The fraction of sp³-hybridized carbons (Fsp3) is 0.444. The summed E-state index contributed by atoms with van der Waals surface area (Å²) in [6.45, 7) is 0. The molecule has 2 aromatic rings. The lowest BCUT2D eigenvalue weighted by Crippen LogP contribution is -2.66. The minimum Gasteiger partial charge on any atom is -0.446 e. The first-order valence-corrected chi connectivity index (χ1v) is 12.7. The summed E-state index contributed by atoms with van der Waals surface area (Å²) in [6, 6.07) is 12.9. The zero-order valence-corrected chi connectivity index (χ0v) is 20.2. The van der Waals surface area contributed by atoms with Crippen LogP contribution in [0.2, 0.25) is 0 Å². The van der Waals surface area contributed by atoms with Crippen LogP contribution in [0, 0.1) is 17.8 Å². The second-order valence-corrected chi connectivity index (χ2v) is 11.5. The van der Waals surface area contributed by atoms with Gasteiger partial charge in [0.05, 0.1) is 5.56 Å². The van der Waals surface area contributed by atoms with Gasteiger partial charge < -0.3 is 15.2 Å². The summed E-state index contributed by atoms with van der Waals surface area (Å²) in [5, 5.41) is 15.2. The lowest BCUT2D eigenvalue weighted by molar-refractivity contribution is -0.158. The number of halogens is 1. The van der Waals surface area contributed by atoms with Crippen LogP contribution in [0.25, 0.3) is 0 Å². The third-order valence-corrected chi connectivity index (χ3v) is 8.82. The van der Waals surface area contributed by atoms with Crippen molar-refractivity contribution in [3.63, 3.8) is 0 Å². The summed E-state index contributed by atoms with van der Waals surface area (Å²) >= 11 is 3.34. The molecule has 4 bridgehead atoms. The SMILES string of the molecule is O=C1O[C@H](C(=O)c2ccc(Br)cc2)[C@@](O)(C(=O)NC23CC4CC(CC(C4)C2)C3)c2ccccc21. The highest BCUT2D eigenvalue weighted by Crippen LogP contribution is 2.56. The number of nitrogens with one attached hydrogen (secondary N) is 1. The molecule has 0 saturated heterocycles. The van der Waals surface area contributed by atoms with Gasteiger partial charge in [-0.2, -0.15) is 0 Å². The van der Waals surface area contributed by atoms with Crippen LogP contribution in [0.4, 0.5) is 0 Å². The van der Waals surface area contributed by atoms with E-state index in [4.69, 9.17) is 4.74 Å². The van der Waals surface area contributed by atoms with Crippen molar-refractivity contribution in [3.05, 3.63) is 69.7 Å². The van der Waals surface area contributed by atoms with Gasteiger partial charge in [0.2, 0.25) is 17.5 Å². The zero-order valence-electron chi connectivity index (χ0n) is 18.6. The summed E-state index contributed by atoms with van der Waals surface area (Å²) in [7, 11) is 0. The number of hydrogen-bond acceptors (Lipinski definition) is 5. The number of rotatable bonds is 4. The van der Waals surface area contributed by atoms with Gasteiger partial charge in [0.1, 0.15) is 0 Å². The standard InChI is InChI=1S/C27H26BrNO5/c28-19-7-5-18(6-8-19)22(30)23-27(33,21-4-2-1-3-20(21)24(31)34-23)25(32)29-26-12-15-9-16(13-26)11-17(10-15)14-26/h1-8,15-17,23,33H,9-14H2,(H,29,32)/t15?,16?,17?,23-,26?,27-/m1/s1. The van der Waals surface area contributed by atoms with Crippen LogP contribution >= 0.6 is 15.9 Å². The van der Waals surface area contributed by atoms with E-state index in [0.717, 1.165) is 23.7 Å². The van der Waals surface area contributed by atoms with Crippen LogP contribution in [0.15, 0.2) is 53.0 Å². The van der Waals surface area contributed by atoms with E-state index in [2.05, 4.69) is 21.2 Å². The van der Waals surface area contributed by atoms with Crippen LogP contribution in [-0.4, -0.2) is 34.4 Å². The number of hydrogen-bond donors (Lipinski definition) is 2. The van der Waals surface area contributed by atoms with Gasteiger partial charge in [0, 0.05) is 21.1 Å². The van der Waals surface area contributed by atoms with E-state index in [9.17, 15) is 19.5 Å². The number of benzene rings is 2. The molecule has 34 heavy (non-hydrogen) atoms. The predicted octanol–water partition coefficient (Wildman–Crippen LogP) is 4.14. The molecule has 4 saturated carbocycles. The molecule has 4 aliphatic carbocycles. The number of Topliss-reactive ketones (excluding diaryl/α,β-unsaturated/α-hetero) is 1. The molecule has 1 aliphatic heterocycles. The average Bonchev–Trinajstić information content (AvgIpc) is 2.80. The smallest absolute Gasteiger partial charge is 0.339 e. The van der Waals surface area contributed by atoms with E-state index < -0.39 is 29.4 Å². The predicted molar refractivity (Wildman–Crippen MR) is 127 cm³/mol. The number of ether oxygens (including phenoxy) is 1. The monoisotopic (exact) mass is 523 g/mol. The molecule has 7 heteroatoms. The second-order valence-electron chi connectivity index (χ2n) is 10.6. The van der Waals surface area contributed by atoms with Crippen molar-refractivity contribution in [2.75, 3.05) is 0 Å². The molecule has 4 fully saturated rings. The topological polar surface area (TPSA) is 92.7 Å². The first-order chi connectivity index (χ1) is 16.3. The molecule has 2 aromatic carbocycles. The fourth-order valence-electron chi connectivity index (χ4n) is 7.24. The van der Waals surface area contributed by atoms with Gasteiger partial charge in [-0.3, -0.25) is 9.59 Å². The van der Waals surface area contributed by atoms with E-state index in [1.165, 1.54) is 31.4 Å². The number of esters is 1. The summed E-state index contributed by atoms with van der Waals surface area (Å²) < 4.78 is 6.29. The Kier molecular flexibility index (Phi) is 5.01. The number of carbonyl (C=O) groups is 3. The van der Waals surface area contributed by atoms with E-state index in [-0.39, 0.29) is 22.2 Å². The Morgan fingerprint density at radius 1 is 0.941 bits per heavy atom. The van der Waals surface area contributed by atoms with Gasteiger partial charge in [-0.25, -0.2) is 4.79 Å². The molecule has 2 N–H and O–H groups in total. The summed E-state index contributed by atoms with van der Waals surface area (Å²) in [5.74, 6) is -0.213. The highest BCUT2D eigenvalue weighted by Gasteiger charge is 2.59. The maximum atomic E-state index is 14.0. The molecule has 7 rings (SSSR count). The maximum absolute atomic E-state index is 14.0. The molecule has 0 aromatic heterocycles. The minimum absolute atomic E-state index is 0.102. The highest BCUT2D eigenvalue weighted by atomic mass is 79.9. The molecule has 6 nitrogen and oxygen atoms in total. The summed E-state index contributed by atoms with van der Waals surface area (Å²) in [4.78, 5) is 40.3. The molecule has 0 unspecified atom stereocenters. The number of cyclic esters (lactones) is 1. The van der Waals surface area contributed by atoms with E-state index in [0.29, 0.717) is 17.8 Å². The quantitative estimate of drug-likeness (QED) is 0.464. The van der Waals surface area contributed by atoms with Crippen molar-refractivity contribution in [3.8, 4) is 0 Å². The Labute approximate surface area is 206 Å². The normalized spacial score (nSPS) is 35.4. The van der Waals surface area contributed by atoms with E-state index in [1.807, 2.05) is 0 Å². The van der Waals surface area contributed by atoms with E-state index in [1.54, 1.807) is 36.4 Å². The molecular weight excluding hydrogens is 498 g/mol. The fourth-order valence-corrected chi connectivity index (χ4v) is 7.50. The van der Waals surface area contributed by atoms with Gasteiger partial charge >= 0.3 is 5.97 Å². The van der Waals surface area contributed by atoms with Crippen LogP contribution in [0.1, 0.15) is 64.8 Å². The number of fused-ring (bicyclic) bond motifs is 1. The largest absolute Gasteiger partial charge is 0.446 e. The third-order valence-electron chi connectivity index (χ3n) is 8.29. The Bertz CT molecular complexity index is 1160. The summed E-state index contributed by atoms with van der Waals surface area (Å²) in [6.07, 6.45) is 4.65. The number of carbonyl (C=O) groups excluding carboxylic acids is 3. The van der Waals surface area contributed by atoms with E-state index >= 15 is 0 Å². The molecule has 0 radical (unpaired) electrons. The van der Waals surface area contributed by atoms with Crippen molar-refractivity contribution < 1.29 is 24.2 Å². The maximum Gasteiger partial charge on any atom is 0.339 e. The number of ketones is 1. The Morgan fingerprint density at radius 2 is 1.53 bits per heavy atom. The average molecular weight is 524 g/mol. The van der Waals surface area contributed by atoms with Gasteiger partial charge in [-0.1, -0.05) is 46.3 Å². The summed E-state index contributed by atoms with van der Waals surface area (Å²) in [5.41, 5.74) is -2.22. The lowest BCUT2D eigenvalue weighted by Gasteiger charge is -2.57. The number of aliphatic hydroxyl groups is 1. The number of amides is 1. The van der Waals surface area contributed by atoms with Crippen molar-refractivity contribution in [2.45, 2.75) is 55.8 Å². The van der Waals surface area contributed by atoms with Crippen LogP contribution < -0.4 is 5.32 Å². The highest BCUT2D eigenvalue weighted by molar-refractivity contribution is 9.10. The van der Waals surface area contributed by atoms with Crippen molar-refractivity contribution in [1.29, 1.82) is 0 Å². The van der Waals surface area contributed by atoms with Gasteiger partial charge in [-0.05, 0) is 74.5 Å². The lowest BCUT2D eigenvalue weighted by atomic mass is 9.53. The second kappa shape index (κ2) is 7.75. The Morgan fingerprint density at radius 3 is 2.15 bits per heavy atom. The molecule has 2 atom stereocenters. The molecule has 176 valence electrons. The molecule has 1 amide bonds. The first kappa shape index (κ1) is 22.0. The van der Waals surface area contributed by atoms with Crippen molar-refractivity contribution in [2.24, 2.45) is 17.8 Å². The minimum atomic E-state index is -2.32. The Balaban J connectivity index is 1.40.